The minimum Gasteiger partial charge on any atom is -0.303 e. The highest BCUT2D eigenvalue weighted by molar-refractivity contribution is 5.59. The lowest BCUT2D eigenvalue weighted by atomic mass is 9.63. The van der Waals surface area contributed by atoms with E-state index in [0.29, 0.717) is 5.92 Å². The van der Waals surface area contributed by atoms with Crippen LogP contribution in [0.25, 0.3) is 0 Å². The Morgan fingerprint density at radius 1 is 1.22 bits per heavy atom. The van der Waals surface area contributed by atoms with E-state index < -0.39 is 0 Å². The normalized spacial score (nSPS) is 46.7. The summed E-state index contributed by atoms with van der Waals surface area (Å²) in [4.78, 5) is 11.5. The molecule has 0 aliphatic heterocycles. The third kappa shape index (κ3) is 1.62. The van der Waals surface area contributed by atoms with E-state index in [4.69, 9.17) is 0 Å². The van der Waals surface area contributed by atoms with Crippen molar-refractivity contribution in [1.82, 2.24) is 0 Å². The molecule has 0 aromatic rings. The number of carbonyl (C=O) groups excluding carboxylic acids is 1. The van der Waals surface area contributed by atoms with E-state index in [1.54, 1.807) is 0 Å². The summed E-state index contributed by atoms with van der Waals surface area (Å²) in [6, 6.07) is 0. The molecule has 1 heteroatoms. The molecular weight excluding hydrogens is 220 g/mol. The Morgan fingerprint density at radius 2 is 1.94 bits per heavy atom. The van der Waals surface area contributed by atoms with Gasteiger partial charge in [-0.15, -0.1) is 0 Å². The molecule has 3 aliphatic carbocycles. The van der Waals surface area contributed by atoms with E-state index in [9.17, 15) is 4.79 Å². The van der Waals surface area contributed by atoms with Crippen molar-refractivity contribution in [3.05, 3.63) is 0 Å². The Kier molecular flexibility index (Phi) is 3.07. The lowest BCUT2D eigenvalue weighted by Crippen LogP contribution is -2.37. The first-order chi connectivity index (χ1) is 8.60. The summed E-state index contributed by atoms with van der Waals surface area (Å²) >= 11 is 0. The molecule has 7 unspecified atom stereocenters. The van der Waals surface area contributed by atoms with Gasteiger partial charge in [-0.05, 0) is 67.6 Å². The number of aldehydes is 1. The van der Waals surface area contributed by atoms with E-state index in [-0.39, 0.29) is 5.41 Å². The van der Waals surface area contributed by atoms with Crippen LogP contribution in [0.5, 0.6) is 0 Å². The van der Waals surface area contributed by atoms with Gasteiger partial charge in [-0.3, -0.25) is 0 Å². The summed E-state index contributed by atoms with van der Waals surface area (Å²) < 4.78 is 0. The molecule has 3 rings (SSSR count). The van der Waals surface area contributed by atoms with Crippen molar-refractivity contribution in [2.24, 2.45) is 40.9 Å². The first-order valence-electron chi connectivity index (χ1n) is 8.07. The Hall–Kier alpha value is -0.330. The lowest BCUT2D eigenvalue weighted by molar-refractivity contribution is -0.120. The molecule has 3 aliphatic rings. The summed E-state index contributed by atoms with van der Waals surface area (Å²) in [6.07, 6.45) is 9.63. The zero-order valence-corrected chi connectivity index (χ0v) is 12.2. The van der Waals surface area contributed by atoms with Crippen molar-refractivity contribution in [2.75, 3.05) is 0 Å². The Labute approximate surface area is 112 Å². The topological polar surface area (TPSA) is 17.1 Å². The van der Waals surface area contributed by atoms with E-state index in [0.717, 1.165) is 36.0 Å². The van der Waals surface area contributed by atoms with Crippen molar-refractivity contribution >= 4 is 6.29 Å². The van der Waals surface area contributed by atoms with Crippen LogP contribution >= 0.6 is 0 Å². The fourth-order valence-electron chi connectivity index (χ4n) is 5.70. The standard InChI is InChI=1S/C17H28O/c1-4-17(3,10-18)11(2)15-8-12-9-16(15)14-7-5-6-13(12)14/h10-16H,4-9H2,1-3H3. The van der Waals surface area contributed by atoms with Gasteiger partial charge < -0.3 is 4.79 Å². The van der Waals surface area contributed by atoms with Gasteiger partial charge in [0.1, 0.15) is 6.29 Å². The Morgan fingerprint density at radius 3 is 2.61 bits per heavy atom. The van der Waals surface area contributed by atoms with Gasteiger partial charge in [-0.25, -0.2) is 0 Å². The number of carbonyl (C=O) groups is 1. The SMILES string of the molecule is CCC(C)(C=O)C(C)C1CC2CC1C1CCCC21. The predicted octanol–water partition coefficient (Wildman–Crippen LogP) is 4.31. The van der Waals surface area contributed by atoms with Gasteiger partial charge in [0.15, 0.2) is 0 Å². The van der Waals surface area contributed by atoms with E-state index >= 15 is 0 Å². The van der Waals surface area contributed by atoms with Gasteiger partial charge in [0.05, 0.1) is 0 Å². The van der Waals surface area contributed by atoms with Crippen LogP contribution in [0.2, 0.25) is 0 Å². The minimum atomic E-state index is -0.0801. The maximum Gasteiger partial charge on any atom is 0.126 e. The second-order valence-electron chi connectivity index (χ2n) is 7.58. The number of hydrogen-bond acceptors (Lipinski definition) is 1. The summed E-state index contributed by atoms with van der Waals surface area (Å²) in [7, 11) is 0. The van der Waals surface area contributed by atoms with Crippen LogP contribution in [-0.4, -0.2) is 6.29 Å². The molecule has 0 heterocycles. The fraction of sp³-hybridized carbons (Fsp3) is 0.941. The third-order valence-corrected chi connectivity index (χ3v) is 7.19. The minimum absolute atomic E-state index is 0.0801. The smallest absolute Gasteiger partial charge is 0.126 e. The molecule has 2 bridgehead atoms. The molecule has 0 saturated heterocycles. The molecular formula is C17H28O. The molecule has 3 fully saturated rings. The maximum absolute atomic E-state index is 11.5. The second-order valence-corrected chi connectivity index (χ2v) is 7.58. The molecule has 3 saturated carbocycles. The van der Waals surface area contributed by atoms with Crippen LogP contribution in [0.1, 0.15) is 59.3 Å². The highest BCUT2D eigenvalue weighted by atomic mass is 16.1. The first kappa shape index (κ1) is 12.7. The second kappa shape index (κ2) is 4.35. The largest absolute Gasteiger partial charge is 0.303 e. The molecule has 0 radical (unpaired) electrons. The molecule has 102 valence electrons. The van der Waals surface area contributed by atoms with Gasteiger partial charge in [-0.1, -0.05) is 27.2 Å². The highest BCUT2D eigenvalue weighted by Crippen LogP contribution is 2.63. The molecule has 7 atom stereocenters. The number of hydrogen-bond donors (Lipinski definition) is 0. The summed E-state index contributed by atoms with van der Waals surface area (Å²) in [5, 5.41) is 0. The third-order valence-electron chi connectivity index (χ3n) is 7.19. The van der Waals surface area contributed by atoms with Crippen molar-refractivity contribution in [3.8, 4) is 0 Å². The van der Waals surface area contributed by atoms with Gasteiger partial charge in [0.2, 0.25) is 0 Å². The van der Waals surface area contributed by atoms with E-state index in [1.807, 2.05) is 0 Å². The van der Waals surface area contributed by atoms with Crippen molar-refractivity contribution in [1.29, 1.82) is 0 Å². The Bertz CT molecular complexity index is 337. The average molecular weight is 248 g/mol. The van der Waals surface area contributed by atoms with Gasteiger partial charge in [-0.2, -0.15) is 0 Å². The van der Waals surface area contributed by atoms with Crippen LogP contribution in [-0.2, 0) is 4.79 Å². The molecule has 0 spiro atoms. The fourth-order valence-corrected chi connectivity index (χ4v) is 5.70. The quantitative estimate of drug-likeness (QED) is 0.678. The first-order valence-corrected chi connectivity index (χ1v) is 8.07. The van der Waals surface area contributed by atoms with Gasteiger partial charge in [0, 0.05) is 5.41 Å². The average Bonchev–Trinajstić information content (AvgIpc) is 3.07. The van der Waals surface area contributed by atoms with E-state index in [1.165, 1.54) is 38.4 Å². The van der Waals surface area contributed by atoms with Gasteiger partial charge in [0.25, 0.3) is 0 Å². The monoisotopic (exact) mass is 248 g/mol. The summed E-state index contributed by atoms with van der Waals surface area (Å²) in [5.41, 5.74) is -0.0801. The van der Waals surface area contributed by atoms with Crippen LogP contribution < -0.4 is 0 Å². The van der Waals surface area contributed by atoms with E-state index in [2.05, 4.69) is 20.8 Å². The van der Waals surface area contributed by atoms with Gasteiger partial charge >= 0.3 is 0 Å². The molecule has 1 nitrogen and oxygen atoms in total. The number of rotatable bonds is 4. The van der Waals surface area contributed by atoms with Crippen LogP contribution in [0.4, 0.5) is 0 Å². The van der Waals surface area contributed by atoms with Crippen molar-refractivity contribution in [3.63, 3.8) is 0 Å². The maximum atomic E-state index is 11.5. The zero-order chi connectivity index (χ0) is 12.9. The molecule has 0 aromatic heterocycles. The zero-order valence-electron chi connectivity index (χ0n) is 12.2. The molecule has 0 N–H and O–H groups in total. The van der Waals surface area contributed by atoms with Crippen molar-refractivity contribution in [2.45, 2.75) is 59.3 Å². The predicted molar refractivity (Wildman–Crippen MR) is 74.2 cm³/mol. The molecule has 0 amide bonds. The highest BCUT2D eigenvalue weighted by Gasteiger charge is 2.56. The number of fused-ring (bicyclic) bond motifs is 5. The van der Waals surface area contributed by atoms with Crippen LogP contribution in [0, 0.1) is 40.9 Å². The lowest BCUT2D eigenvalue weighted by Gasteiger charge is -2.41. The van der Waals surface area contributed by atoms with Crippen LogP contribution in [0.15, 0.2) is 0 Å². The Balaban J connectivity index is 1.77. The van der Waals surface area contributed by atoms with Crippen LogP contribution in [0.3, 0.4) is 0 Å². The molecule has 0 aromatic carbocycles. The summed E-state index contributed by atoms with van der Waals surface area (Å²) in [6.45, 7) is 6.71. The molecule has 18 heavy (non-hydrogen) atoms. The summed E-state index contributed by atoms with van der Waals surface area (Å²) in [5.74, 6) is 5.50. The van der Waals surface area contributed by atoms with Crippen molar-refractivity contribution < 1.29 is 4.79 Å².